The average molecular weight is 218 g/mol. The number of anilines is 1. The minimum absolute atomic E-state index is 0.0243. The summed E-state index contributed by atoms with van der Waals surface area (Å²) in [5.74, 6) is 0.678. The van der Waals surface area contributed by atoms with Crippen LogP contribution in [0.1, 0.15) is 23.2 Å². The molecule has 1 spiro atoms. The van der Waals surface area contributed by atoms with Crippen LogP contribution < -0.4 is 16.0 Å². The number of amides is 1. The van der Waals surface area contributed by atoms with Crippen molar-refractivity contribution in [2.75, 3.05) is 18.4 Å². The van der Waals surface area contributed by atoms with Crippen LogP contribution in [0.5, 0.6) is 0 Å². The van der Waals surface area contributed by atoms with Gasteiger partial charge in [-0.25, -0.2) is 4.98 Å². The second kappa shape index (κ2) is 3.45. The molecule has 3 rings (SSSR count). The van der Waals surface area contributed by atoms with Gasteiger partial charge in [0, 0.05) is 19.0 Å². The highest BCUT2D eigenvalue weighted by molar-refractivity contribution is 6.01. The number of nitrogens with one attached hydrogen (secondary N) is 3. The second-order valence-corrected chi connectivity index (χ2v) is 4.31. The fraction of sp³-hybridized carbons (Fsp3) is 0.455. The molecule has 0 radical (unpaired) electrons. The molecule has 0 aliphatic carbocycles. The maximum absolute atomic E-state index is 11.9. The fourth-order valence-corrected chi connectivity index (χ4v) is 2.33. The Bertz CT molecular complexity index is 426. The third-order valence-corrected chi connectivity index (χ3v) is 3.22. The van der Waals surface area contributed by atoms with Crippen molar-refractivity contribution in [3.63, 3.8) is 0 Å². The number of fused-ring (bicyclic) bond motifs is 1. The number of carbonyl (C=O) groups excluding carboxylic acids is 1. The van der Waals surface area contributed by atoms with Crippen LogP contribution in [0.15, 0.2) is 18.3 Å². The number of hydrogen-bond acceptors (Lipinski definition) is 4. The molecule has 5 heteroatoms. The van der Waals surface area contributed by atoms with E-state index >= 15 is 0 Å². The van der Waals surface area contributed by atoms with E-state index in [0.717, 1.165) is 25.9 Å². The molecule has 5 nitrogen and oxygen atoms in total. The number of piperidine rings is 1. The lowest BCUT2D eigenvalue weighted by atomic mass is 9.95. The Kier molecular flexibility index (Phi) is 2.07. The van der Waals surface area contributed by atoms with Crippen molar-refractivity contribution in [1.82, 2.24) is 15.6 Å². The Morgan fingerprint density at radius 1 is 1.25 bits per heavy atom. The van der Waals surface area contributed by atoms with Crippen molar-refractivity contribution in [1.29, 1.82) is 0 Å². The van der Waals surface area contributed by atoms with Gasteiger partial charge in [0.2, 0.25) is 0 Å². The van der Waals surface area contributed by atoms with Crippen molar-refractivity contribution >= 4 is 11.7 Å². The Morgan fingerprint density at radius 3 is 2.88 bits per heavy atom. The summed E-state index contributed by atoms with van der Waals surface area (Å²) in [5, 5.41) is 9.70. The molecule has 1 aromatic rings. The molecule has 16 heavy (non-hydrogen) atoms. The first-order valence-electron chi connectivity index (χ1n) is 5.56. The van der Waals surface area contributed by atoms with Gasteiger partial charge in [0.25, 0.3) is 5.91 Å². The molecular weight excluding hydrogens is 204 g/mol. The number of hydrogen-bond donors (Lipinski definition) is 3. The topological polar surface area (TPSA) is 66.1 Å². The normalized spacial score (nSPS) is 22.1. The molecule has 3 N–H and O–H groups in total. The molecule has 1 aromatic heterocycles. The van der Waals surface area contributed by atoms with Crippen LogP contribution in [0.2, 0.25) is 0 Å². The van der Waals surface area contributed by atoms with Gasteiger partial charge in [0.15, 0.2) is 0 Å². The Balaban J connectivity index is 1.96. The van der Waals surface area contributed by atoms with E-state index in [1.165, 1.54) is 0 Å². The summed E-state index contributed by atoms with van der Waals surface area (Å²) in [6, 6.07) is 3.57. The van der Waals surface area contributed by atoms with Crippen LogP contribution in [-0.4, -0.2) is 29.6 Å². The SMILES string of the molecule is O=C1NC2(CCNCC2)Nc2ncccc21. The summed E-state index contributed by atoms with van der Waals surface area (Å²) in [7, 11) is 0. The minimum Gasteiger partial charge on any atom is -0.347 e. The molecule has 2 aliphatic heterocycles. The van der Waals surface area contributed by atoms with Crippen molar-refractivity contribution in [3.8, 4) is 0 Å². The molecule has 84 valence electrons. The van der Waals surface area contributed by atoms with Crippen LogP contribution in [0.4, 0.5) is 5.82 Å². The van der Waals surface area contributed by atoms with Gasteiger partial charge in [-0.05, 0) is 25.2 Å². The zero-order chi connectivity index (χ0) is 11.0. The van der Waals surface area contributed by atoms with Crippen LogP contribution >= 0.6 is 0 Å². The van der Waals surface area contributed by atoms with E-state index in [1.807, 2.05) is 0 Å². The highest BCUT2D eigenvalue weighted by atomic mass is 16.2. The highest BCUT2D eigenvalue weighted by Crippen LogP contribution is 2.27. The van der Waals surface area contributed by atoms with Crippen molar-refractivity contribution < 1.29 is 4.79 Å². The summed E-state index contributed by atoms with van der Waals surface area (Å²) in [4.78, 5) is 16.2. The van der Waals surface area contributed by atoms with Gasteiger partial charge in [0.1, 0.15) is 11.5 Å². The van der Waals surface area contributed by atoms with Gasteiger partial charge in [-0.2, -0.15) is 0 Å². The van der Waals surface area contributed by atoms with E-state index in [-0.39, 0.29) is 11.6 Å². The highest BCUT2D eigenvalue weighted by Gasteiger charge is 2.38. The van der Waals surface area contributed by atoms with Crippen molar-refractivity contribution in [2.45, 2.75) is 18.5 Å². The van der Waals surface area contributed by atoms with Gasteiger partial charge in [-0.1, -0.05) is 0 Å². The molecule has 0 atom stereocenters. The first-order valence-corrected chi connectivity index (χ1v) is 5.56. The van der Waals surface area contributed by atoms with Crippen LogP contribution in [0.25, 0.3) is 0 Å². The number of pyridine rings is 1. The van der Waals surface area contributed by atoms with Gasteiger partial charge >= 0.3 is 0 Å². The fourth-order valence-electron chi connectivity index (χ4n) is 2.33. The number of rotatable bonds is 0. The van der Waals surface area contributed by atoms with E-state index < -0.39 is 0 Å². The predicted molar refractivity (Wildman–Crippen MR) is 60.2 cm³/mol. The summed E-state index contributed by atoms with van der Waals surface area (Å²) in [6.45, 7) is 1.82. The zero-order valence-electron chi connectivity index (χ0n) is 8.92. The molecule has 1 saturated heterocycles. The maximum atomic E-state index is 11.9. The van der Waals surface area contributed by atoms with Crippen molar-refractivity contribution in [2.24, 2.45) is 0 Å². The van der Waals surface area contributed by atoms with E-state index in [1.54, 1.807) is 18.3 Å². The van der Waals surface area contributed by atoms with Crippen LogP contribution in [-0.2, 0) is 0 Å². The zero-order valence-corrected chi connectivity index (χ0v) is 8.92. The third-order valence-electron chi connectivity index (χ3n) is 3.22. The molecule has 0 aromatic carbocycles. The molecule has 1 amide bonds. The van der Waals surface area contributed by atoms with Gasteiger partial charge in [-0.3, -0.25) is 4.79 Å². The van der Waals surface area contributed by atoms with Gasteiger partial charge in [-0.15, -0.1) is 0 Å². The predicted octanol–water partition coefficient (Wildman–Crippen LogP) is 0.317. The summed E-state index contributed by atoms with van der Waals surface area (Å²) in [5.41, 5.74) is 0.329. The number of nitrogens with zero attached hydrogens (tertiary/aromatic N) is 1. The van der Waals surface area contributed by atoms with Gasteiger partial charge < -0.3 is 16.0 Å². The lowest BCUT2D eigenvalue weighted by Crippen LogP contribution is -2.62. The smallest absolute Gasteiger partial charge is 0.256 e. The molecule has 3 heterocycles. The van der Waals surface area contributed by atoms with E-state index in [0.29, 0.717) is 11.4 Å². The Labute approximate surface area is 93.6 Å². The summed E-state index contributed by atoms with van der Waals surface area (Å²) < 4.78 is 0. The Morgan fingerprint density at radius 2 is 2.06 bits per heavy atom. The van der Waals surface area contributed by atoms with Crippen molar-refractivity contribution in [3.05, 3.63) is 23.9 Å². The third kappa shape index (κ3) is 1.44. The van der Waals surface area contributed by atoms with Crippen LogP contribution in [0.3, 0.4) is 0 Å². The molecule has 0 bridgehead atoms. The minimum atomic E-state index is -0.302. The van der Waals surface area contributed by atoms with E-state index in [2.05, 4.69) is 20.9 Å². The first kappa shape index (κ1) is 9.59. The lowest BCUT2D eigenvalue weighted by Gasteiger charge is -2.42. The summed E-state index contributed by atoms with van der Waals surface area (Å²) >= 11 is 0. The summed E-state index contributed by atoms with van der Waals surface area (Å²) in [6.07, 6.45) is 3.47. The standard InChI is InChI=1S/C11H14N4O/c16-10-8-2-1-5-13-9(8)14-11(15-10)3-6-12-7-4-11/h1-2,5,12H,3-4,6-7H2,(H,13,14)(H,15,16). The van der Waals surface area contributed by atoms with Crippen LogP contribution in [0, 0.1) is 0 Å². The quantitative estimate of drug-likeness (QED) is 0.586. The monoisotopic (exact) mass is 218 g/mol. The average Bonchev–Trinajstić information content (AvgIpc) is 2.30. The number of aromatic nitrogens is 1. The van der Waals surface area contributed by atoms with Gasteiger partial charge in [0.05, 0.1) is 5.56 Å². The van der Waals surface area contributed by atoms with E-state index in [4.69, 9.17) is 0 Å². The van der Waals surface area contributed by atoms with E-state index in [9.17, 15) is 4.79 Å². The molecule has 0 unspecified atom stereocenters. The second-order valence-electron chi connectivity index (χ2n) is 4.31. The molecule has 2 aliphatic rings. The maximum Gasteiger partial charge on any atom is 0.256 e. The Hall–Kier alpha value is -1.62. The molecule has 1 fully saturated rings. The first-order chi connectivity index (χ1) is 7.79. The lowest BCUT2D eigenvalue weighted by molar-refractivity contribution is 0.0880. The largest absolute Gasteiger partial charge is 0.347 e. The number of carbonyl (C=O) groups is 1. The molecule has 0 saturated carbocycles. The molecular formula is C11H14N4O.